The Balaban J connectivity index is 0.000000952. The Kier molecular flexibility index (Phi) is 10.9. The molecule has 0 aliphatic carbocycles. The smallest absolute Gasteiger partial charge is 0.135 e. The minimum atomic E-state index is -0.554. The lowest BCUT2D eigenvalue weighted by molar-refractivity contribution is 0.522. The minimum absolute atomic E-state index is 0.0576. The molecule has 2 aromatic rings. The van der Waals surface area contributed by atoms with Crippen LogP contribution in [0.4, 0.5) is 8.78 Å². The number of hydrogen-bond donors (Lipinski definition) is 0. The van der Waals surface area contributed by atoms with Gasteiger partial charge in [0.15, 0.2) is 0 Å². The molecule has 0 amide bonds. The van der Waals surface area contributed by atoms with Gasteiger partial charge >= 0.3 is 0 Å². The van der Waals surface area contributed by atoms with Gasteiger partial charge in [-0.3, -0.25) is 4.98 Å². The van der Waals surface area contributed by atoms with E-state index in [0.29, 0.717) is 22.7 Å². The number of benzene rings is 1. The SMILES string of the molecule is CC.CC(C)C(C)c1cc(F)cc(F)c1-c1ccccn1.CCC. The van der Waals surface area contributed by atoms with E-state index in [0.717, 1.165) is 6.07 Å². The van der Waals surface area contributed by atoms with Gasteiger partial charge in [-0.25, -0.2) is 8.78 Å². The van der Waals surface area contributed by atoms with E-state index >= 15 is 0 Å². The summed E-state index contributed by atoms with van der Waals surface area (Å²) in [7, 11) is 0. The van der Waals surface area contributed by atoms with Crippen LogP contribution >= 0.6 is 0 Å². The number of halogens is 2. The highest BCUT2D eigenvalue weighted by atomic mass is 19.1. The summed E-state index contributed by atoms with van der Waals surface area (Å²) in [6.45, 7) is 14.3. The van der Waals surface area contributed by atoms with Gasteiger partial charge in [0.25, 0.3) is 0 Å². The molecule has 1 aromatic heterocycles. The van der Waals surface area contributed by atoms with Crippen molar-refractivity contribution in [2.45, 2.75) is 60.8 Å². The molecule has 0 bridgehead atoms. The molecule has 1 nitrogen and oxygen atoms in total. The van der Waals surface area contributed by atoms with Gasteiger partial charge in [-0.1, -0.05) is 61.0 Å². The predicted octanol–water partition coefficient (Wildman–Crippen LogP) is 7.23. The first kappa shape index (κ1) is 22.2. The monoisotopic (exact) mass is 335 g/mol. The van der Waals surface area contributed by atoms with E-state index in [2.05, 4.69) is 18.8 Å². The van der Waals surface area contributed by atoms with Gasteiger partial charge in [0.1, 0.15) is 11.6 Å². The van der Waals surface area contributed by atoms with Crippen LogP contribution in [0.25, 0.3) is 11.3 Å². The minimum Gasteiger partial charge on any atom is -0.256 e. The zero-order valence-electron chi connectivity index (χ0n) is 16.0. The van der Waals surface area contributed by atoms with Crippen LogP contribution in [0, 0.1) is 17.6 Å². The number of nitrogens with zero attached hydrogens (tertiary/aromatic N) is 1. The molecule has 1 heterocycles. The van der Waals surface area contributed by atoms with E-state index in [1.807, 2.05) is 34.6 Å². The summed E-state index contributed by atoms with van der Waals surface area (Å²) in [5, 5.41) is 0. The van der Waals surface area contributed by atoms with Crippen LogP contribution in [0.3, 0.4) is 0 Å². The van der Waals surface area contributed by atoms with Crippen molar-refractivity contribution < 1.29 is 8.78 Å². The summed E-state index contributed by atoms with van der Waals surface area (Å²) in [5.74, 6) is -0.744. The van der Waals surface area contributed by atoms with Crippen LogP contribution in [0.1, 0.15) is 66.4 Å². The van der Waals surface area contributed by atoms with Crippen LogP contribution in [0.5, 0.6) is 0 Å². The van der Waals surface area contributed by atoms with Crippen molar-refractivity contribution in [2.24, 2.45) is 5.92 Å². The van der Waals surface area contributed by atoms with Crippen LogP contribution in [0.15, 0.2) is 36.5 Å². The molecule has 0 spiro atoms. The highest BCUT2D eigenvalue weighted by Gasteiger charge is 2.20. The van der Waals surface area contributed by atoms with Crippen molar-refractivity contribution in [3.63, 3.8) is 0 Å². The van der Waals surface area contributed by atoms with Gasteiger partial charge < -0.3 is 0 Å². The number of rotatable bonds is 3. The Bertz CT molecular complexity index is 580. The third kappa shape index (κ3) is 6.38. The van der Waals surface area contributed by atoms with Crippen molar-refractivity contribution in [3.05, 3.63) is 53.7 Å². The van der Waals surface area contributed by atoms with Gasteiger partial charge in [0.2, 0.25) is 0 Å². The van der Waals surface area contributed by atoms with Gasteiger partial charge in [-0.05, 0) is 35.6 Å². The van der Waals surface area contributed by atoms with Gasteiger partial charge in [0, 0.05) is 17.8 Å². The Morgan fingerprint density at radius 3 is 2.04 bits per heavy atom. The normalized spacial score (nSPS) is 11.1. The van der Waals surface area contributed by atoms with Gasteiger partial charge in [-0.15, -0.1) is 0 Å². The predicted molar refractivity (Wildman–Crippen MR) is 100 cm³/mol. The van der Waals surface area contributed by atoms with Crippen LogP contribution in [0.2, 0.25) is 0 Å². The van der Waals surface area contributed by atoms with Gasteiger partial charge in [0.05, 0.1) is 5.69 Å². The summed E-state index contributed by atoms with van der Waals surface area (Å²) in [5.41, 5.74) is 1.62. The lowest BCUT2D eigenvalue weighted by atomic mass is 9.86. The Labute approximate surface area is 146 Å². The van der Waals surface area contributed by atoms with E-state index in [9.17, 15) is 8.78 Å². The van der Waals surface area contributed by atoms with Gasteiger partial charge in [-0.2, -0.15) is 0 Å². The van der Waals surface area contributed by atoms with Crippen molar-refractivity contribution in [2.75, 3.05) is 0 Å². The molecular formula is C21H31F2N. The fourth-order valence-corrected chi connectivity index (χ4v) is 2.09. The number of hydrogen-bond acceptors (Lipinski definition) is 1. The molecular weight excluding hydrogens is 304 g/mol. The molecule has 3 heteroatoms. The molecule has 0 radical (unpaired) electrons. The molecule has 0 saturated heterocycles. The molecule has 1 atom stereocenters. The second kappa shape index (κ2) is 11.7. The standard InChI is InChI=1S/C16H17F2N.C3H8.C2H6/c1-10(2)11(3)13-8-12(17)9-14(18)16(13)15-6-4-5-7-19-15;1-3-2;1-2/h4-11H,1-3H3;3H2,1-2H3;1-2H3. The zero-order valence-corrected chi connectivity index (χ0v) is 16.0. The molecule has 1 unspecified atom stereocenters. The molecule has 0 aliphatic heterocycles. The van der Waals surface area contributed by atoms with Crippen molar-refractivity contribution in [3.8, 4) is 11.3 Å². The molecule has 0 saturated carbocycles. The number of pyridine rings is 1. The summed E-state index contributed by atoms with van der Waals surface area (Å²) in [4.78, 5) is 4.18. The van der Waals surface area contributed by atoms with E-state index in [4.69, 9.17) is 0 Å². The lowest BCUT2D eigenvalue weighted by Gasteiger charge is -2.20. The fraction of sp³-hybridized carbons (Fsp3) is 0.476. The third-order valence-corrected chi connectivity index (χ3v) is 3.50. The van der Waals surface area contributed by atoms with Crippen LogP contribution in [-0.2, 0) is 0 Å². The molecule has 0 aliphatic rings. The quantitative estimate of drug-likeness (QED) is 0.576. The average molecular weight is 335 g/mol. The first-order valence-electron chi connectivity index (χ1n) is 8.82. The van der Waals surface area contributed by atoms with E-state index in [-0.39, 0.29) is 5.92 Å². The maximum Gasteiger partial charge on any atom is 0.135 e. The molecule has 134 valence electrons. The maximum atomic E-state index is 14.1. The second-order valence-electron chi connectivity index (χ2n) is 5.81. The average Bonchev–Trinajstić information content (AvgIpc) is 2.56. The van der Waals surface area contributed by atoms with E-state index in [1.165, 1.54) is 12.5 Å². The summed E-state index contributed by atoms with van der Waals surface area (Å²) in [6.07, 6.45) is 2.86. The lowest BCUT2D eigenvalue weighted by Crippen LogP contribution is -2.06. The molecule has 0 N–H and O–H groups in total. The summed E-state index contributed by atoms with van der Waals surface area (Å²) >= 11 is 0. The molecule has 24 heavy (non-hydrogen) atoms. The summed E-state index contributed by atoms with van der Waals surface area (Å²) in [6, 6.07) is 7.65. The highest BCUT2D eigenvalue weighted by Crippen LogP contribution is 2.34. The first-order chi connectivity index (χ1) is 11.4. The van der Waals surface area contributed by atoms with E-state index < -0.39 is 11.6 Å². The Morgan fingerprint density at radius 1 is 1.00 bits per heavy atom. The van der Waals surface area contributed by atoms with Crippen molar-refractivity contribution in [1.29, 1.82) is 0 Å². The first-order valence-corrected chi connectivity index (χ1v) is 8.82. The largest absolute Gasteiger partial charge is 0.256 e. The summed E-state index contributed by atoms with van der Waals surface area (Å²) < 4.78 is 27.6. The molecule has 1 aromatic carbocycles. The Hall–Kier alpha value is -1.77. The Morgan fingerprint density at radius 2 is 1.58 bits per heavy atom. The topological polar surface area (TPSA) is 12.9 Å². The zero-order chi connectivity index (χ0) is 18.7. The van der Waals surface area contributed by atoms with Crippen LogP contribution in [-0.4, -0.2) is 4.98 Å². The fourth-order valence-electron chi connectivity index (χ4n) is 2.09. The number of aromatic nitrogens is 1. The third-order valence-electron chi connectivity index (χ3n) is 3.50. The molecule has 2 rings (SSSR count). The second-order valence-corrected chi connectivity index (χ2v) is 5.81. The van der Waals surface area contributed by atoms with Crippen LogP contribution < -0.4 is 0 Å². The molecule has 0 fully saturated rings. The van der Waals surface area contributed by atoms with Crippen molar-refractivity contribution >= 4 is 0 Å². The van der Waals surface area contributed by atoms with Crippen molar-refractivity contribution in [1.82, 2.24) is 4.98 Å². The maximum absolute atomic E-state index is 14.1. The van der Waals surface area contributed by atoms with E-state index in [1.54, 1.807) is 24.4 Å². The highest BCUT2D eigenvalue weighted by molar-refractivity contribution is 5.65.